The zero-order valence-corrected chi connectivity index (χ0v) is 13.6. The summed E-state index contributed by atoms with van der Waals surface area (Å²) in [7, 11) is 0. The van der Waals surface area contributed by atoms with E-state index >= 15 is 0 Å². The van der Waals surface area contributed by atoms with Gasteiger partial charge in [-0.1, -0.05) is 36.4 Å². The molecule has 0 spiro atoms. The number of benzene rings is 2. The molecule has 3 rings (SSSR count). The third-order valence-corrected chi connectivity index (χ3v) is 3.99. The number of nitrogens with zero attached hydrogens (tertiary/aromatic N) is 1. The molecule has 26 heavy (non-hydrogen) atoms. The Kier molecular flexibility index (Phi) is 4.79. The normalized spacial score (nSPS) is 12.8. The molecule has 2 amide bonds. The Labute approximate surface area is 148 Å². The Morgan fingerprint density at radius 1 is 0.962 bits per heavy atom. The number of carbonyl (C=O) groups excluding carboxylic acids is 4. The van der Waals surface area contributed by atoms with Crippen LogP contribution < -0.4 is 5.11 Å². The van der Waals surface area contributed by atoms with Crippen LogP contribution in [0, 0.1) is 0 Å². The van der Waals surface area contributed by atoms with Gasteiger partial charge in [0.2, 0.25) is 0 Å². The first-order valence-electron chi connectivity index (χ1n) is 7.88. The van der Waals surface area contributed by atoms with Crippen molar-refractivity contribution in [1.82, 2.24) is 4.90 Å². The molecule has 0 radical (unpaired) electrons. The molecule has 7 heteroatoms. The fourth-order valence-corrected chi connectivity index (χ4v) is 2.63. The molecule has 0 atom stereocenters. The van der Waals surface area contributed by atoms with Crippen molar-refractivity contribution >= 4 is 23.8 Å². The van der Waals surface area contributed by atoms with Crippen LogP contribution in [0.1, 0.15) is 43.1 Å². The van der Waals surface area contributed by atoms with Crippen LogP contribution in [0.3, 0.4) is 0 Å². The lowest BCUT2D eigenvalue weighted by Crippen LogP contribution is -2.32. The second kappa shape index (κ2) is 7.18. The molecule has 7 nitrogen and oxygen atoms in total. The van der Waals surface area contributed by atoms with E-state index in [1.807, 2.05) is 30.3 Å². The van der Waals surface area contributed by atoms with Gasteiger partial charge in [0.1, 0.15) is 6.61 Å². The Balaban J connectivity index is 1.60. The summed E-state index contributed by atoms with van der Waals surface area (Å²) in [5.41, 5.74) is 0.748. The lowest BCUT2D eigenvalue weighted by molar-refractivity contribution is -0.255. The molecule has 1 aliphatic heterocycles. The van der Waals surface area contributed by atoms with Crippen molar-refractivity contribution in [3.05, 3.63) is 70.8 Å². The number of carbonyl (C=O) groups is 4. The van der Waals surface area contributed by atoms with Crippen LogP contribution in [0.25, 0.3) is 0 Å². The fourth-order valence-electron chi connectivity index (χ4n) is 2.63. The van der Waals surface area contributed by atoms with Crippen molar-refractivity contribution in [2.45, 2.75) is 13.0 Å². The highest BCUT2D eigenvalue weighted by molar-refractivity contribution is 6.22. The highest BCUT2D eigenvalue weighted by Crippen LogP contribution is 2.24. The van der Waals surface area contributed by atoms with E-state index in [4.69, 9.17) is 4.74 Å². The van der Waals surface area contributed by atoms with Crippen LogP contribution in [-0.2, 0) is 16.1 Å². The van der Waals surface area contributed by atoms with Crippen LogP contribution in [0.4, 0.5) is 0 Å². The molecule has 0 bridgehead atoms. The molecule has 0 unspecified atom stereocenters. The number of ether oxygens (including phenoxy) is 1. The van der Waals surface area contributed by atoms with Gasteiger partial charge in [-0.15, -0.1) is 0 Å². The van der Waals surface area contributed by atoms with E-state index in [-0.39, 0.29) is 36.3 Å². The fraction of sp³-hybridized carbons (Fsp3) is 0.158. The number of imide groups is 1. The number of fused-ring (bicyclic) bond motifs is 1. The van der Waals surface area contributed by atoms with E-state index in [0.717, 1.165) is 16.5 Å². The van der Waals surface area contributed by atoms with Crippen LogP contribution in [0.5, 0.6) is 0 Å². The summed E-state index contributed by atoms with van der Waals surface area (Å²) in [5, 5.41) is 10.9. The van der Waals surface area contributed by atoms with E-state index in [0.29, 0.717) is 0 Å². The molecular formula is C19H14NO6-. The lowest BCUT2D eigenvalue weighted by atomic mass is 10.1. The van der Waals surface area contributed by atoms with E-state index in [1.54, 1.807) is 0 Å². The maximum absolute atomic E-state index is 12.3. The number of hydrogen-bond acceptors (Lipinski definition) is 6. The number of carboxylic acid groups (broad SMARTS) is 1. The van der Waals surface area contributed by atoms with Crippen LogP contribution in [0.2, 0.25) is 0 Å². The van der Waals surface area contributed by atoms with E-state index < -0.39 is 23.8 Å². The zero-order valence-electron chi connectivity index (χ0n) is 13.6. The summed E-state index contributed by atoms with van der Waals surface area (Å²) in [4.78, 5) is 48.2. The van der Waals surface area contributed by atoms with Gasteiger partial charge in [0.15, 0.2) is 0 Å². The second-order valence-electron chi connectivity index (χ2n) is 5.71. The number of esters is 1. The summed E-state index contributed by atoms with van der Waals surface area (Å²) in [5.74, 6) is -3.17. The zero-order chi connectivity index (χ0) is 18.7. The average molecular weight is 352 g/mol. The van der Waals surface area contributed by atoms with Gasteiger partial charge in [-0.05, 0) is 23.3 Å². The molecular weight excluding hydrogens is 338 g/mol. The van der Waals surface area contributed by atoms with Crippen molar-refractivity contribution in [2.75, 3.05) is 6.54 Å². The topological polar surface area (TPSA) is 104 Å². The maximum Gasteiger partial charge on any atom is 0.307 e. The van der Waals surface area contributed by atoms with Gasteiger partial charge in [-0.3, -0.25) is 19.3 Å². The van der Waals surface area contributed by atoms with Gasteiger partial charge in [-0.2, -0.15) is 0 Å². The Bertz CT molecular complexity index is 890. The van der Waals surface area contributed by atoms with Crippen LogP contribution in [0.15, 0.2) is 48.5 Å². The predicted molar refractivity (Wildman–Crippen MR) is 87.0 cm³/mol. The third kappa shape index (κ3) is 3.46. The largest absolute Gasteiger partial charge is 0.545 e. The number of amides is 2. The van der Waals surface area contributed by atoms with Gasteiger partial charge in [0.05, 0.1) is 23.5 Å². The van der Waals surface area contributed by atoms with Gasteiger partial charge < -0.3 is 14.6 Å². The van der Waals surface area contributed by atoms with Crippen LogP contribution in [-0.4, -0.2) is 35.2 Å². The molecule has 2 aromatic rings. The predicted octanol–water partition coefficient (Wildman–Crippen LogP) is 0.780. The monoisotopic (exact) mass is 352 g/mol. The summed E-state index contributed by atoms with van der Waals surface area (Å²) in [6.07, 6.45) is -0.147. The molecule has 0 saturated heterocycles. The van der Waals surface area contributed by atoms with Crippen molar-refractivity contribution in [3.8, 4) is 0 Å². The Hall–Kier alpha value is -3.48. The van der Waals surface area contributed by atoms with Crippen LogP contribution >= 0.6 is 0 Å². The molecule has 0 N–H and O–H groups in total. The Morgan fingerprint density at radius 3 is 2.35 bits per heavy atom. The standard InChI is InChI=1S/C19H15NO6/c21-16(26-11-12-4-2-1-3-5-12)8-9-20-17(22)14-7-6-13(19(24)25)10-15(14)18(20)23/h1-7,10H,8-9,11H2,(H,24,25)/p-1. The molecule has 0 aliphatic carbocycles. The summed E-state index contributed by atoms with van der Waals surface area (Å²) in [6.45, 7) is -0.0304. The first kappa shape index (κ1) is 17.3. The molecule has 0 aromatic heterocycles. The summed E-state index contributed by atoms with van der Waals surface area (Å²) in [6, 6.07) is 12.7. The SMILES string of the molecule is O=C(CCN1C(=O)c2ccc(C(=O)[O-])cc2C1=O)OCc1ccccc1. The lowest BCUT2D eigenvalue weighted by Gasteiger charge is -2.13. The van der Waals surface area contributed by atoms with E-state index in [2.05, 4.69) is 0 Å². The highest BCUT2D eigenvalue weighted by atomic mass is 16.5. The van der Waals surface area contributed by atoms with Gasteiger partial charge in [-0.25, -0.2) is 0 Å². The minimum atomic E-state index is -1.43. The highest BCUT2D eigenvalue weighted by Gasteiger charge is 2.35. The van der Waals surface area contributed by atoms with Crippen molar-refractivity contribution in [2.24, 2.45) is 0 Å². The first-order chi connectivity index (χ1) is 12.5. The number of rotatable bonds is 6. The average Bonchev–Trinajstić information content (AvgIpc) is 2.89. The molecule has 0 fully saturated rings. The molecule has 1 heterocycles. The van der Waals surface area contributed by atoms with Crippen molar-refractivity contribution < 1.29 is 29.0 Å². The van der Waals surface area contributed by atoms with E-state index in [1.165, 1.54) is 12.1 Å². The minimum absolute atomic E-state index is 0.00523. The second-order valence-corrected chi connectivity index (χ2v) is 5.71. The van der Waals surface area contributed by atoms with E-state index in [9.17, 15) is 24.3 Å². The molecule has 1 aliphatic rings. The van der Waals surface area contributed by atoms with Gasteiger partial charge >= 0.3 is 5.97 Å². The van der Waals surface area contributed by atoms with Crippen molar-refractivity contribution in [1.29, 1.82) is 0 Å². The van der Waals surface area contributed by atoms with Gasteiger partial charge in [0, 0.05) is 6.54 Å². The molecule has 2 aromatic carbocycles. The smallest absolute Gasteiger partial charge is 0.307 e. The first-order valence-corrected chi connectivity index (χ1v) is 7.88. The van der Waals surface area contributed by atoms with Crippen molar-refractivity contribution in [3.63, 3.8) is 0 Å². The number of carboxylic acids is 1. The minimum Gasteiger partial charge on any atom is -0.545 e. The number of aromatic carboxylic acids is 1. The Morgan fingerprint density at radius 2 is 1.65 bits per heavy atom. The van der Waals surface area contributed by atoms with Gasteiger partial charge in [0.25, 0.3) is 11.8 Å². The molecule has 0 saturated carbocycles. The molecule has 132 valence electrons. The number of hydrogen-bond donors (Lipinski definition) is 0. The summed E-state index contributed by atoms with van der Waals surface area (Å²) < 4.78 is 5.11. The summed E-state index contributed by atoms with van der Waals surface area (Å²) >= 11 is 0. The quantitative estimate of drug-likeness (QED) is 0.562. The maximum atomic E-state index is 12.3. The third-order valence-electron chi connectivity index (χ3n) is 3.99.